The van der Waals surface area contributed by atoms with Crippen molar-refractivity contribution >= 4 is 11.6 Å². The molecular weight excluding hydrogens is 294 g/mol. The molecule has 0 amide bonds. The lowest BCUT2D eigenvalue weighted by Gasteiger charge is -2.18. The Hall–Kier alpha value is -2.34. The van der Waals surface area contributed by atoms with Gasteiger partial charge in [-0.25, -0.2) is 0 Å². The average Bonchev–Trinajstić information content (AvgIpc) is 3.24. The molecule has 1 aromatic heterocycles. The molecule has 1 aromatic carbocycles. The summed E-state index contributed by atoms with van der Waals surface area (Å²) in [5.74, 6) is 2.68. The van der Waals surface area contributed by atoms with Gasteiger partial charge >= 0.3 is 0 Å². The molecular formula is C17H19N3O3. The van der Waals surface area contributed by atoms with Crippen LogP contribution in [0.5, 0.6) is 11.5 Å². The van der Waals surface area contributed by atoms with Crippen molar-refractivity contribution in [2.45, 2.75) is 31.2 Å². The summed E-state index contributed by atoms with van der Waals surface area (Å²) in [6.45, 7) is 0.401. The van der Waals surface area contributed by atoms with Gasteiger partial charge in [-0.05, 0) is 37.1 Å². The van der Waals surface area contributed by atoms with E-state index >= 15 is 0 Å². The second-order valence-electron chi connectivity index (χ2n) is 6.15. The highest BCUT2D eigenvalue weighted by Gasteiger charge is 2.36. The smallest absolute Gasteiger partial charge is 0.257 e. The van der Waals surface area contributed by atoms with E-state index in [1.54, 1.807) is 7.11 Å². The minimum atomic E-state index is -0.445. The molecule has 1 aliphatic heterocycles. The highest BCUT2D eigenvalue weighted by Crippen LogP contribution is 2.36. The summed E-state index contributed by atoms with van der Waals surface area (Å²) in [6, 6.07) is 5.70. The lowest BCUT2D eigenvalue weighted by atomic mass is 9.98. The molecule has 0 bridgehead atoms. The lowest BCUT2D eigenvalue weighted by molar-refractivity contribution is 0.343. The van der Waals surface area contributed by atoms with Gasteiger partial charge in [0, 0.05) is 5.56 Å². The maximum atomic E-state index is 6.39. The standard InChI is InChI=1S/C17H19N3O3/c1-21-13-4-5-14-11(9-13)8-12(10-22-14)15-19-16(20-23-15)17(18)6-2-3-7-17/h4-5,8-9H,2-3,6-7,10,18H2,1H3. The van der Waals surface area contributed by atoms with Crippen LogP contribution in [0.4, 0.5) is 0 Å². The molecule has 6 heteroatoms. The van der Waals surface area contributed by atoms with E-state index in [0.29, 0.717) is 18.3 Å². The lowest BCUT2D eigenvalue weighted by Crippen LogP contribution is -2.34. The van der Waals surface area contributed by atoms with Crippen LogP contribution in [0.15, 0.2) is 22.7 Å². The SMILES string of the molecule is COc1ccc2c(c1)C=C(c1nc(C3(N)CCCC3)no1)CO2. The van der Waals surface area contributed by atoms with E-state index in [2.05, 4.69) is 10.1 Å². The normalized spacial score (nSPS) is 19.0. The number of ether oxygens (including phenoxy) is 2. The van der Waals surface area contributed by atoms with Gasteiger partial charge in [-0.1, -0.05) is 18.0 Å². The number of benzene rings is 1. The maximum Gasteiger partial charge on any atom is 0.257 e. The number of methoxy groups -OCH3 is 1. The predicted octanol–water partition coefficient (Wildman–Crippen LogP) is 2.74. The number of hydrogen-bond donors (Lipinski definition) is 1. The van der Waals surface area contributed by atoms with Gasteiger partial charge in [0.05, 0.1) is 18.2 Å². The molecule has 0 atom stereocenters. The molecule has 1 fully saturated rings. The van der Waals surface area contributed by atoms with Crippen LogP contribution in [0, 0.1) is 0 Å². The molecule has 1 aliphatic carbocycles. The Morgan fingerprint density at radius 3 is 2.87 bits per heavy atom. The van der Waals surface area contributed by atoms with Crippen LogP contribution in [-0.4, -0.2) is 23.9 Å². The molecule has 0 spiro atoms. The first-order valence-electron chi connectivity index (χ1n) is 7.83. The van der Waals surface area contributed by atoms with Crippen LogP contribution in [0.2, 0.25) is 0 Å². The first-order valence-corrected chi connectivity index (χ1v) is 7.83. The van der Waals surface area contributed by atoms with Crippen LogP contribution < -0.4 is 15.2 Å². The van der Waals surface area contributed by atoms with Crippen LogP contribution in [0.25, 0.3) is 11.6 Å². The van der Waals surface area contributed by atoms with Crippen molar-refractivity contribution in [1.29, 1.82) is 0 Å². The molecule has 2 heterocycles. The fourth-order valence-corrected chi connectivity index (χ4v) is 3.19. The van der Waals surface area contributed by atoms with Crippen molar-refractivity contribution in [2.24, 2.45) is 5.73 Å². The minimum absolute atomic E-state index is 0.401. The third-order valence-corrected chi connectivity index (χ3v) is 4.57. The van der Waals surface area contributed by atoms with Crippen molar-refractivity contribution in [3.8, 4) is 11.5 Å². The van der Waals surface area contributed by atoms with E-state index in [-0.39, 0.29) is 0 Å². The zero-order valence-corrected chi connectivity index (χ0v) is 13.0. The Kier molecular flexibility index (Phi) is 3.34. The van der Waals surface area contributed by atoms with Crippen molar-refractivity contribution in [3.05, 3.63) is 35.5 Å². The van der Waals surface area contributed by atoms with Crippen LogP contribution >= 0.6 is 0 Å². The fraction of sp³-hybridized carbons (Fsp3) is 0.412. The van der Waals surface area contributed by atoms with Gasteiger partial charge in [0.25, 0.3) is 5.89 Å². The Balaban J connectivity index is 1.66. The summed E-state index contributed by atoms with van der Waals surface area (Å²) < 4.78 is 16.5. The van der Waals surface area contributed by atoms with Gasteiger partial charge in [0.2, 0.25) is 0 Å². The van der Waals surface area contributed by atoms with Gasteiger partial charge in [0.1, 0.15) is 18.1 Å². The molecule has 120 valence electrons. The second kappa shape index (κ2) is 5.38. The molecule has 0 saturated heterocycles. The Morgan fingerprint density at radius 1 is 1.26 bits per heavy atom. The van der Waals surface area contributed by atoms with E-state index in [1.807, 2.05) is 24.3 Å². The highest BCUT2D eigenvalue weighted by molar-refractivity contribution is 5.83. The van der Waals surface area contributed by atoms with Crippen LogP contribution in [0.1, 0.15) is 43.0 Å². The molecule has 23 heavy (non-hydrogen) atoms. The first-order chi connectivity index (χ1) is 11.2. The molecule has 2 aliphatic rings. The summed E-state index contributed by atoms with van der Waals surface area (Å²) in [5.41, 5.74) is 7.73. The van der Waals surface area contributed by atoms with Gasteiger partial charge < -0.3 is 19.7 Å². The van der Waals surface area contributed by atoms with Crippen LogP contribution in [-0.2, 0) is 5.54 Å². The highest BCUT2D eigenvalue weighted by atomic mass is 16.5. The van der Waals surface area contributed by atoms with Crippen molar-refractivity contribution in [1.82, 2.24) is 10.1 Å². The minimum Gasteiger partial charge on any atom is -0.497 e. The molecule has 1 saturated carbocycles. The van der Waals surface area contributed by atoms with E-state index in [9.17, 15) is 0 Å². The molecule has 0 unspecified atom stereocenters. The maximum absolute atomic E-state index is 6.39. The zero-order valence-electron chi connectivity index (χ0n) is 13.0. The van der Waals surface area contributed by atoms with Gasteiger partial charge in [-0.15, -0.1) is 0 Å². The third kappa shape index (κ3) is 2.49. The van der Waals surface area contributed by atoms with Crippen LogP contribution in [0.3, 0.4) is 0 Å². The molecule has 6 nitrogen and oxygen atoms in total. The summed E-state index contributed by atoms with van der Waals surface area (Å²) in [4.78, 5) is 4.52. The van der Waals surface area contributed by atoms with E-state index in [1.165, 1.54) is 0 Å². The molecule has 0 radical (unpaired) electrons. The Morgan fingerprint density at radius 2 is 2.09 bits per heavy atom. The first kappa shape index (κ1) is 14.3. The zero-order chi connectivity index (χ0) is 15.9. The van der Waals surface area contributed by atoms with Crippen molar-refractivity contribution in [2.75, 3.05) is 13.7 Å². The van der Waals surface area contributed by atoms with Gasteiger partial charge in [-0.3, -0.25) is 0 Å². The predicted molar refractivity (Wildman–Crippen MR) is 85.0 cm³/mol. The van der Waals surface area contributed by atoms with E-state index in [4.69, 9.17) is 19.7 Å². The molecule has 4 rings (SSSR count). The average molecular weight is 313 g/mol. The number of fused-ring (bicyclic) bond motifs is 1. The number of hydrogen-bond acceptors (Lipinski definition) is 6. The summed E-state index contributed by atoms with van der Waals surface area (Å²) >= 11 is 0. The number of nitrogens with two attached hydrogens (primary N) is 1. The second-order valence-corrected chi connectivity index (χ2v) is 6.15. The molecule has 2 aromatic rings. The fourth-order valence-electron chi connectivity index (χ4n) is 3.19. The third-order valence-electron chi connectivity index (χ3n) is 4.57. The summed E-state index contributed by atoms with van der Waals surface area (Å²) in [6.07, 6.45) is 6.03. The van der Waals surface area contributed by atoms with E-state index < -0.39 is 5.54 Å². The monoisotopic (exact) mass is 313 g/mol. The van der Waals surface area contributed by atoms with Gasteiger partial charge in [-0.2, -0.15) is 4.98 Å². The quantitative estimate of drug-likeness (QED) is 0.938. The topological polar surface area (TPSA) is 83.4 Å². The Bertz CT molecular complexity index is 760. The summed E-state index contributed by atoms with van der Waals surface area (Å²) in [5, 5.41) is 4.10. The summed E-state index contributed by atoms with van der Waals surface area (Å²) in [7, 11) is 1.64. The molecule has 2 N–H and O–H groups in total. The number of rotatable bonds is 3. The number of aromatic nitrogens is 2. The largest absolute Gasteiger partial charge is 0.497 e. The Labute approximate surface area is 134 Å². The van der Waals surface area contributed by atoms with Gasteiger partial charge in [0.15, 0.2) is 5.82 Å². The van der Waals surface area contributed by atoms with E-state index in [0.717, 1.165) is 48.3 Å². The number of nitrogens with zero attached hydrogens (tertiary/aromatic N) is 2. The van der Waals surface area contributed by atoms with Crippen molar-refractivity contribution < 1.29 is 14.0 Å². The van der Waals surface area contributed by atoms with Crippen molar-refractivity contribution in [3.63, 3.8) is 0 Å².